The molecule has 0 spiro atoms. The van der Waals surface area contributed by atoms with E-state index in [-0.39, 0.29) is 23.1 Å². The molecule has 0 saturated heterocycles. The predicted octanol–water partition coefficient (Wildman–Crippen LogP) is 4.56. The lowest BCUT2D eigenvalue weighted by molar-refractivity contribution is 0.125. The Morgan fingerprint density at radius 2 is 0.938 bits per heavy atom. The molecular formula is C14H30MgO. The van der Waals surface area contributed by atoms with Crippen LogP contribution in [0.2, 0.25) is 0 Å². The molecule has 2 radical (unpaired) electrons. The second kappa shape index (κ2) is 18.1. The molecule has 0 aromatic rings. The third-order valence-corrected chi connectivity index (χ3v) is 2.78. The van der Waals surface area contributed by atoms with Crippen molar-refractivity contribution in [3.63, 3.8) is 0 Å². The molecule has 0 unspecified atom stereocenters. The average Bonchev–Trinajstić information content (AvgIpc) is 2.26. The van der Waals surface area contributed by atoms with E-state index in [1.165, 1.54) is 64.2 Å². The smallest absolute Gasteiger partial charge is 0.0466 e. The van der Waals surface area contributed by atoms with Crippen molar-refractivity contribution < 1.29 is 4.74 Å². The second-order valence-corrected chi connectivity index (χ2v) is 4.44. The van der Waals surface area contributed by atoms with Crippen molar-refractivity contribution in [3.8, 4) is 0 Å². The minimum Gasteiger partial charge on any atom is -0.381 e. The second-order valence-electron chi connectivity index (χ2n) is 4.44. The van der Waals surface area contributed by atoms with E-state index in [4.69, 9.17) is 4.74 Å². The molecular weight excluding hydrogens is 208 g/mol. The monoisotopic (exact) mass is 238 g/mol. The highest BCUT2D eigenvalue weighted by molar-refractivity contribution is 5.75. The van der Waals surface area contributed by atoms with Gasteiger partial charge in [-0.2, -0.15) is 0 Å². The van der Waals surface area contributed by atoms with Gasteiger partial charge in [0.25, 0.3) is 0 Å². The summed E-state index contributed by atoms with van der Waals surface area (Å²) in [6.45, 7) is 6.48. The first kappa shape index (κ1) is 19.1. The third-order valence-electron chi connectivity index (χ3n) is 2.78. The van der Waals surface area contributed by atoms with E-state index in [1.807, 2.05) is 0 Å². The van der Waals surface area contributed by atoms with Crippen molar-refractivity contribution in [2.75, 3.05) is 13.2 Å². The topological polar surface area (TPSA) is 9.23 Å². The Labute approximate surface area is 119 Å². The van der Waals surface area contributed by atoms with Crippen molar-refractivity contribution in [2.24, 2.45) is 0 Å². The summed E-state index contributed by atoms with van der Waals surface area (Å²) < 4.78 is 5.59. The van der Waals surface area contributed by atoms with Gasteiger partial charge in [-0.1, -0.05) is 65.2 Å². The van der Waals surface area contributed by atoms with Crippen molar-refractivity contribution in [3.05, 3.63) is 0 Å². The molecule has 16 heavy (non-hydrogen) atoms. The van der Waals surface area contributed by atoms with Crippen LogP contribution in [-0.4, -0.2) is 36.3 Å². The fourth-order valence-electron chi connectivity index (χ4n) is 1.72. The first-order chi connectivity index (χ1) is 7.41. The summed E-state index contributed by atoms with van der Waals surface area (Å²) in [5.74, 6) is 0. The molecule has 0 aliphatic carbocycles. The van der Waals surface area contributed by atoms with Crippen LogP contribution in [-0.2, 0) is 4.74 Å². The zero-order valence-corrected chi connectivity index (χ0v) is 13.0. The van der Waals surface area contributed by atoms with E-state index < -0.39 is 0 Å². The number of unbranched alkanes of at least 4 members (excludes halogenated alkanes) is 8. The molecule has 0 heterocycles. The number of ether oxygens (including phenoxy) is 1. The highest BCUT2D eigenvalue weighted by Crippen LogP contribution is 2.04. The Morgan fingerprint density at radius 1 is 0.562 bits per heavy atom. The highest BCUT2D eigenvalue weighted by Gasteiger charge is 1.91. The van der Waals surface area contributed by atoms with Gasteiger partial charge in [0.2, 0.25) is 0 Å². The zero-order chi connectivity index (χ0) is 11.2. The van der Waals surface area contributed by atoms with Crippen LogP contribution in [0, 0.1) is 0 Å². The predicted molar refractivity (Wildman–Crippen MR) is 74.1 cm³/mol. The quantitative estimate of drug-likeness (QED) is 0.358. The third kappa shape index (κ3) is 17.1. The van der Waals surface area contributed by atoms with Gasteiger partial charge < -0.3 is 4.74 Å². The molecule has 0 aromatic carbocycles. The first-order valence-corrected chi connectivity index (χ1v) is 6.99. The summed E-state index contributed by atoms with van der Waals surface area (Å²) in [7, 11) is 0. The Morgan fingerprint density at radius 3 is 1.31 bits per heavy atom. The summed E-state index contributed by atoms with van der Waals surface area (Å²) >= 11 is 0. The summed E-state index contributed by atoms with van der Waals surface area (Å²) in [4.78, 5) is 0. The Balaban J connectivity index is 0. The van der Waals surface area contributed by atoms with Gasteiger partial charge in [-0.3, -0.25) is 0 Å². The van der Waals surface area contributed by atoms with Gasteiger partial charge in [-0.25, -0.2) is 0 Å². The minimum atomic E-state index is 0. The molecule has 0 rings (SSSR count). The zero-order valence-electron chi connectivity index (χ0n) is 11.6. The molecule has 0 aromatic heterocycles. The molecule has 0 fully saturated rings. The summed E-state index contributed by atoms with van der Waals surface area (Å²) in [5.41, 5.74) is 0. The molecule has 0 bridgehead atoms. The van der Waals surface area contributed by atoms with Crippen molar-refractivity contribution in [2.45, 2.75) is 78.1 Å². The van der Waals surface area contributed by atoms with Crippen LogP contribution in [0.5, 0.6) is 0 Å². The maximum Gasteiger partial charge on any atom is 0.0466 e. The molecule has 94 valence electrons. The minimum absolute atomic E-state index is 0. The molecule has 0 aliphatic rings. The fraction of sp³-hybridized carbons (Fsp3) is 1.00. The van der Waals surface area contributed by atoms with Crippen LogP contribution in [0.25, 0.3) is 0 Å². The van der Waals surface area contributed by atoms with Crippen molar-refractivity contribution in [1.82, 2.24) is 0 Å². The lowest BCUT2D eigenvalue weighted by atomic mass is 10.1. The number of hydrogen-bond acceptors (Lipinski definition) is 1. The molecule has 0 atom stereocenters. The van der Waals surface area contributed by atoms with Gasteiger partial charge in [0.05, 0.1) is 0 Å². The van der Waals surface area contributed by atoms with E-state index in [0.29, 0.717) is 0 Å². The van der Waals surface area contributed by atoms with E-state index in [1.54, 1.807) is 0 Å². The molecule has 0 aliphatic heterocycles. The van der Waals surface area contributed by atoms with Gasteiger partial charge >= 0.3 is 0 Å². The Hall–Kier alpha value is 0.726. The lowest BCUT2D eigenvalue weighted by Gasteiger charge is -2.03. The number of rotatable bonds is 12. The molecule has 0 amide bonds. The maximum absolute atomic E-state index is 5.59. The Bertz CT molecular complexity index is 94.9. The van der Waals surface area contributed by atoms with E-state index in [0.717, 1.165) is 13.2 Å². The van der Waals surface area contributed by atoms with Crippen LogP contribution in [0.15, 0.2) is 0 Å². The van der Waals surface area contributed by atoms with Gasteiger partial charge in [0.15, 0.2) is 0 Å². The van der Waals surface area contributed by atoms with Gasteiger partial charge in [0, 0.05) is 36.3 Å². The van der Waals surface area contributed by atoms with Crippen molar-refractivity contribution in [1.29, 1.82) is 0 Å². The standard InChI is InChI=1S/C14H30O.Mg/c1-3-5-7-9-11-13-15-14-12-10-8-6-4-2;/h3-14H2,1-2H3;. The van der Waals surface area contributed by atoms with Crippen LogP contribution in [0.3, 0.4) is 0 Å². The number of hydrogen-bond donors (Lipinski definition) is 0. The van der Waals surface area contributed by atoms with Crippen LogP contribution < -0.4 is 0 Å². The highest BCUT2D eigenvalue weighted by atomic mass is 24.3. The van der Waals surface area contributed by atoms with Gasteiger partial charge in [-0.05, 0) is 12.8 Å². The molecule has 1 nitrogen and oxygen atoms in total. The van der Waals surface area contributed by atoms with Crippen LogP contribution >= 0.6 is 0 Å². The molecule has 2 heteroatoms. The van der Waals surface area contributed by atoms with Gasteiger partial charge in [-0.15, -0.1) is 0 Å². The molecule has 0 N–H and O–H groups in total. The summed E-state index contributed by atoms with van der Waals surface area (Å²) in [5, 5.41) is 0. The van der Waals surface area contributed by atoms with E-state index in [2.05, 4.69) is 13.8 Å². The van der Waals surface area contributed by atoms with Crippen LogP contribution in [0.4, 0.5) is 0 Å². The normalized spacial score (nSPS) is 10.1. The first-order valence-electron chi connectivity index (χ1n) is 6.99. The van der Waals surface area contributed by atoms with E-state index in [9.17, 15) is 0 Å². The fourth-order valence-corrected chi connectivity index (χ4v) is 1.72. The van der Waals surface area contributed by atoms with Crippen LogP contribution in [0.1, 0.15) is 78.1 Å². The van der Waals surface area contributed by atoms with Gasteiger partial charge in [0.1, 0.15) is 0 Å². The van der Waals surface area contributed by atoms with Crippen molar-refractivity contribution >= 4 is 23.1 Å². The SMILES string of the molecule is CCCCCCCOCCCCCCC.[Mg]. The van der Waals surface area contributed by atoms with E-state index >= 15 is 0 Å². The lowest BCUT2D eigenvalue weighted by Crippen LogP contribution is -1.97. The summed E-state index contributed by atoms with van der Waals surface area (Å²) in [6, 6.07) is 0. The molecule has 0 saturated carbocycles. The summed E-state index contributed by atoms with van der Waals surface area (Å²) in [6.07, 6.45) is 13.4. The maximum atomic E-state index is 5.59. The largest absolute Gasteiger partial charge is 0.381 e. The Kier molecular flexibility index (Phi) is 21.6. The average molecular weight is 239 g/mol.